The van der Waals surface area contributed by atoms with Crippen molar-refractivity contribution in [1.82, 2.24) is 0 Å². The third-order valence-electron chi connectivity index (χ3n) is 1.80. The van der Waals surface area contributed by atoms with Gasteiger partial charge in [0.05, 0.1) is 0 Å². The van der Waals surface area contributed by atoms with Gasteiger partial charge in [-0.05, 0) is 36.6 Å². The molecule has 15 heavy (non-hydrogen) atoms. The zero-order valence-corrected chi connectivity index (χ0v) is 9.59. The summed E-state index contributed by atoms with van der Waals surface area (Å²) in [6.07, 6.45) is 6.47. The number of hydrogen-bond acceptors (Lipinski definition) is 2. The predicted octanol–water partition coefficient (Wildman–Crippen LogP) is 2.93. The smallest absolute Gasteiger partial charge is 0.248 e. The molecule has 0 saturated carbocycles. The van der Waals surface area contributed by atoms with Gasteiger partial charge in [0.2, 0.25) is 5.91 Å². The van der Waals surface area contributed by atoms with Crippen LogP contribution in [0.15, 0.2) is 42.5 Å². The van der Waals surface area contributed by atoms with E-state index in [0.717, 1.165) is 17.9 Å². The van der Waals surface area contributed by atoms with Crippen molar-refractivity contribution >= 4 is 23.4 Å². The van der Waals surface area contributed by atoms with Gasteiger partial charge in [-0.15, -0.1) is 0 Å². The van der Waals surface area contributed by atoms with E-state index in [4.69, 9.17) is 0 Å². The minimum Gasteiger partial charge on any atom is -0.323 e. The maximum absolute atomic E-state index is 11.4. The summed E-state index contributed by atoms with van der Waals surface area (Å²) in [7, 11) is 0. The molecule has 0 atom stereocenters. The van der Waals surface area contributed by atoms with Crippen molar-refractivity contribution in [3.05, 3.63) is 42.5 Å². The minimum atomic E-state index is -0.0673. The molecule has 0 aromatic heterocycles. The second-order valence-electron chi connectivity index (χ2n) is 3.04. The van der Waals surface area contributed by atoms with Gasteiger partial charge in [0, 0.05) is 5.69 Å². The fourth-order valence-electron chi connectivity index (χ4n) is 1.08. The fourth-order valence-corrected chi connectivity index (χ4v) is 1.45. The highest BCUT2D eigenvalue weighted by atomic mass is 32.2. The van der Waals surface area contributed by atoms with Crippen LogP contribution in [0.1, 0.15) is 6.42 Å². The highest BCUT2D eigenvalue weighted by Gasteiger charge is 1.94. The van der Waals surface area contributed by atoms with Crippen LogP contribution in [-0.4, -0.2) is 17.9 Å². The number of nitrogens with one attached hydrogen (secondary N) is 1. The first kappa shape index (κ1) is 11.9. The van der Waals surface area contributed by atoms with Crippen LogP contribution in [0.2, 0.25) is 0 Å². The molecular weight excluding hydrogens is 206 g/mol. The van der Waals surface area contributed by atoms with Crippen molar-refractivity contribution in [1.29, 1.82) is 0 Å². The van der Waals surface area contributed by atoms with E-state index < -0.39 is 0 Å². The number of allylic oxidation sites excluding steroid dienone is 1. The van der Waals surface area contributed by atoms with Crippen LogP contribution in [-0.2, 0) is 4.79 Å². The Morgan fingerprint density at radius 3 is 2.80 bits per heavy atom. The second-order valence-corrected chi connectivity index (χ2v) is 4.02. The number of carbonyl (C=O) groups excluding carboxylic acids is 1. The Balaban J connectivity index is 2.33. The standard InChI is InChI=1S/C12H15NOS/c1-15-10-6-5-9-12(14)13-11-7-3-2-4-8-11/h2-5,7-9H,6,10H2,1H3,(H,13,14). The zero-order valence-electron chi connectivity index (χ0n) is 8.77. The Kier molecular flexibility index (Phi) is 5.63. The molecule has 2 nitrogen and oxygen atoms in total. The summed E-state index contributed by atoms with van der Waals surface area (Å²) in [5.41, 5.74) is 0.831. The first-order valence-corrected chi connectivity index (χ1v) is 6.24. The second kappa shape index (κ2) is 7.12. The van der Waals surface area contributed by atoms with Crippen LogP contribution in [0.4, 0.5) is 5.69 Å². The molecule has 80 valence electrons. The predicted molar refractivity (Wildman–Crippen MR) is 67.2 cm³/mol. The SMILES string of the molecule is CSCCC=CC(=O)Nc1ccccc1. The van der Waals surface area contributed by atoms with E-state index in [0.29, 0.717) is 0 Å². The van der Waals surface area contributed by atoms with E-state index in [9.17, 15) is 4.79 Å². The van der Waals surface area contributed by atoms with Crippen LogP contribution < -0.4 is 5.32 Å². The van der Waals surface area contributed by atoms with Crippen LogP contribution in [0, 0.1) is 0 Å². The lowest BCUT2D eigenvalue weighted by Gasteiger charge is -2.00. The molecule has 0 spiro atoms. The molecule has 1 aromatic carbocycles. The molecule has 0 radical (unpaired) electrons. The Bertz CT molecular complexity index is 322. The number of thioether (sulfide) groups is 1. The van der Waals surface area contributed by atoms with Gasteiger partial charge in [0.25, 0.3) is 0 Å². The van der Waals surface area contributed by atoms with Crippen LogP contribution in [0.25, 0.3) is 0 Å². The number of amides is 1. The van der Waals surface area contributed by atoms with Gasteiger partial charge in [-0.2, -0.15) is 11.8 Å². The average Bonchev–Trinajstić information content (AvgIpc) is 2.26. The molecule has 1 N–H and O–H groups in total. The third-order valence-corrected chi connectivity index (χ3v) is 2.44. The van der Waals surface area contributed by atoms with Crippen molar-refractivity contribution in [3.63, 3.8) is 0 Å². The Morgan fingerprint density at radius 1 is 1.40 bits per heavy atom. The summed E-state index contributed by atoms with van der Waals surface area (Å²) in [5, 5.41) is 2.79. The molecule has 1 rings (SSSR count). The molecule has 1 aromatic rings. The molecule has 0 saturated heterocycles. The molecule has 0 aliphatic heterocycles. The number of hydrogen-bond donors (Lipinski definition) is 1. The maximum atomic E-state index is 11.4. The van der Waals surface area contributed by atoms with Crippen molar-refractivity contribution in [3.8, 4) is 0 Å². The average molecular weight is 221 g/mol. The molecule has 0 fully saturated rings. The van der Waals surface area contributed by atoms with E-state index in [2.05, 4.69) is 11.6 Å². The maximum Gasteiger partial charge on any atom is 0.248 e. The highest BCUT2D eigenvalue weighted by molar-refractivity contribution is 7.98. The van der Waals surface area contributed by atoms with Gasteiger partial charge in [-0.1, -0.05) is 24.3 Å². The van der Waals surface area contributed by atoms with Crippen molar-refractivity contribution in [2.24, 2.45) is 0 Å². The number of carbonyl (C=O) groups is 1. The highest BCUT2D eigenvalue weighted by Crippen LogP contribution is 2.04. The lowest BCUT2D eigenvalue weighted by Crippen LogP contribution is -2.07. The van der Waals surface area contributed by atoms with E-state index >= 15 is 0 Å². The summed E-state index contributed by atoms with van der Waals surface area (Å²) >= 11 is 1.77. The summed E-state index contributed by atoms with van der Waals surface area (Å²) in [6, 6.07) is 9.45. The molecule has 0 aliphatic rings. The lowest BCUT2D eigenvalue weighted by molar-refractivity contribution is -0.111. The molecule has 1 amide bonds. The Morgan fingerprint density at radius 2 is 2.13 bits per heavy atom. The van der Waals surface area contributed by atoms with Gasteiger partial charge < -0.3 is 5.32 Å². The van der Waals surface area contributed by atoms with Crippen LogP contribution in [0.3, 0.4) is 0 Å². The first-order valence-electron chi connectivity index (χ1n) is 4.84. The molecule has 0 aliphatic carbocycles. The number of anilines is 1. The number of rotatable bonds is 5. The van der Waals surface area contributed by atoms with Gasteiger partial charge in [-0.3, -0.25) is 4.79 Å². The van der Waals surface area contributed by atoms with Crippen LogP contribution in [0.5, 0.6) is 0 Å². The summed E-state index contributed by atoms with van der Waals surface area (Å²) in [6.45, 7) is 0. The third kappa shape index (κ3) is 5.27. The number of para-hydroxylation sites is 1. The van der Waals surface area contributed by atoms with Gasteiger partial charge in [0.1, 0.15) is 0 Å². The van der Waals surface area contributed by atoms with Crippen LogP contribution >= 0.6 is 11.8 Å². The van der Waals surface area contributed by atoms with E-state index in [1.54, 1.807) is 17.8 Å². The normalized spacial score (nSPS) is 10.5. The lowest BCUT2D eigenvalue weighted by atomic mass is 10.3. The molecule has 0 unspecified atom stereocenters. The fraction of sp³-hybridized carbons (Fsp3) is 0.250. The van der Waals surface area contributed by atoms with Crippen molar-refractivity contribution in [2.45, 2.75) is 6.42 Å². The summed E-state index contributed by atoms with van der Waals surface area (Å²) in [4.78, 5) is 11.4. The largest absolute Gasteiger partial charge is 0.323 e. The van der Waals surface area contributed by atoms with Crippen molar-refractivity contribution < 1.29 is 4.79 Å². The topological polar surface area (TPSA) is 29.1 Å². The monoisotopic (exact) mass is 221 g/mol. The van der Waals surface area contributed by atoms with E-state index in [1.165, 1.54) is 0 Å². The summed E-state index contributed by atoms with van der Waals surface area (Å²) < 4.78 is 0. The zero-order chi connectivity index (χ0) is 10.9. The number of benzene rings is 1. The molecule has 0 bridgehead atoms. The quantitative estimate of drug-likeness (QED) is 0.612. The molecular formula is C12H15NOS. The van der Waals surface area contributed by atoms with Crippen molar-refractivity contribution in [2.75, 3.05) is 17.3 Å². The molecule has 3 heteroatoms. The minimum absolute atomic E-state index is 0.0673. The van der Waals surface area contributed by atoms with E-state index in [-0.39, 0.29) is 5.91 Å². The van der Waals surface area contributed by atoms with Gasteiger partial charge >= 0.3 is 0 Å². The van der Waals surface area contributed by atoms with E-state index in [1.807, 2.05) is 36.4 Å². The first-order chi connectivity index (χ1) is 7.33. The summed E-state index contributed by atoms with van der Waals surface area (Å²) in [5.74, 6) is 0.983. The molecule has 0 heterocycles. The Hall–Kier alpha value is -1.22. The van der Waals surface area contributed by atoms with Gasteiger partial charge in [-0.25, -0.2) is 0 Å². The van der Waals surface area contributed by atoms with Gasteiger partial charge in [0.15, 0.2) is 0 Å². The Labute approximate surface area is 94.8 Å².